The molecule has 0 saturated heterocycles. The fourth-order valence-electron chi connectivity index (χ4n) is 4.04. The summed E-state index contributed by atoms with van der Waals surface area (Å²) in [6.07, 6.45) is 6.71. The molecule has 0 bridgehead atoms. The van der Waals surface area contributed by atoms with Crippen molar-refractivity contribution < 1.29 is 20.1 Å². The normalized spacial score (nSPS) is 10.8. The molecule has 0 saturated carbocycles. The first kappa shape index (κ1) is 24.8. The number of nitrogens with zero attached hydrogens (tertiary/aromatic N) is 5. The van der Waals surface area contributed by atoms with Gasteiger partial charge in [0.2, 0.25) is 0 Å². The minimum absolute atomic E-state index is 0. The molecule has 3 heterocycles. The summed E-state index contributed by atoms with van der Waals surface area (Å²) in [6, 6.07) is 31.5. The van der Waals surface area contributed by atoms with Crippen molar-refractivity contribution in [3.05, 3.63) is 126 Å². The van der Waals surface area contributed by atoms with Crippen LogP contribution in [0.25, 0.3) is 38.6 Å². The third-order valence-electron chi connectivity index (χ3n) is 5.82. The van der Waals surface area contributed by atoms with Crippen molar-refractivity contribution in [2.45, 2.75) is 13.0 Å². The van der Waals surface area contributed by atoms with Crippen molar-refractivity contribution >= 4 is 5.69 Å². The van der Waals surface area contributed by atoms with Gasteiger partial charge in [-0.1, -0.05) is 36.4 Å². The van der Waals surface area contributed by atoms with E-state index in [1.165, 1.54) is 11.1 Å². The molecule has 175 valence electrons. The number of imidazole rings is 1. The van der Waals surface area contributed by atoms with Crippen LogP contribution in [-0.4, -0.2) is 14.5 Å². The molecule has 1 aliphatic heterocycles. The number of hydrogen-bond donors (Lipinski definition) is 0. The van der Waals surface area contributed by atoms with E-state index in [-0.39, 0.29) is 20.1 Å². The number of rotatable bonds is 2. The summed E-state index contributed by atoms with van der Waals surface area (Å²) in [5.74, 6) is 1.06. The minimum Gasteiger partial charge on any atom is -0.371 e. The molecule has 2 aromatic heterocycles. The molecule has 1 aliphatic rings. The van der Waals surface area contributed by atoms with Crippen LogP contribution in [-0.2, 0) is 33.1 Å². The Kier molecular flexibility index (Phi) is 7.83. The molecule has 0 spiro atoms. The Hall–Kier alpha value is -4.35. The summed E-state index contributed by atoms with van der Waals surface area (Å²) in [5.41, 5.74) is 6.78. The second-order valence-electron chi connectivity index (χ2n) is 7.93. The third kappa shape index (κ3) is 5.16. The van der Waals surface area contributed by atoms with E-state index in [0.29, 0.717) is 16.8 Å². The van der Waals surface area contributed by atoms with Gasteiger partial charge in [0.1, 0.15) is 5.69 Å². The number of pyridine rings is 1. The van der Waals surface area contributed by atoms with Crippen LogP contribution in [0.15, 0.2) is 91.4 Å². The first-order valence-electron chi connectivity index (χ1n) is 11.1. The summed E-state index contributed by atoms with van der Waals surface area (Å²) in [7, 11) is 0. The van der Waals surface area contributed by atoms with Gasteiger partial charge < -0.3 is 9.55 Å². The number of aryl methyl sites for hydroxylation is 2. The van der Waals surface area contributed by atoms with Crippen LogP contribution in [0.3, 0.4) is 0 Å². The Balaban J connectivity index is 0.000000185. The Morgan fingerprint density at radius 1 is 0.972 bits per heavy atom. The molecule has 0 N–H and O–H groups in total. The van der Waals surface area contributed by atoms with Crippen molar-refractivity contribution in [1.29, 1.82) is 5.26 Å². The van der Waals surface area contributed by atoms with E-state index >= 15 is 0 Å². The van der Waals surface area contributed by atoms with Gasteiger partial charge in [-0.05, 0) is 34.9 Å². The molecular weight excluding hydrogens is 623 g/mol. The molecule has 0 unspecified atom stereocenters. The van der Waals surface area contributed by atoms with Crippen LogP contribution in [0, 0.1) is 30.0 Å². The monoisotopic (exact) mass is 642 g/mol. The molecule has 0 amide bonds. The summed E-state index contributed by atoms with van der Waals surface area (Å²) in [6.45, 7) is 8.21. The number of benzene rings is 3. The van der Waals surface area contributed by atoms with Gasteiger partial charge in [0.15, 0.2) is 0 Å². The molecular formula is C30H19IrN5-2. The van der Waals surface area contributed by atoms with Crippen LogP contribution < -0.4 is 0 Å². The maximum absolute atomic E-state index is 8.97. The smallest absolute Gasteiger partial charge is 0.125 e. The molecule has 6 heteroatoms. The van der Waals surface area contributed by atoms with Gasteiger partial charge in [-0.3, -0.25) is 9.83 Å². The maximum Gasteiger partial charge on any atom is 0.125 e. The summed E-state index contributed by atoms with van der Waals surface area (Å²) < 4.78 is 2.18. The van der Waals surface area contributed by atoms with Crippen molar-refractivity contribution in [1.82, 2.24) is 14.5 Å². The predicted molar refractivity (Wildman–Crippen MR) is 135 cm³/mol. The van der Waals surface area contributed by atoms with Crippen LogP contribution >= 0.6 is 0 Å². The molecule has 5 aromatic rings. The van der Waals surface area contributed by atoms with Crippen LogP contribution in [0.5, 0.6) is 0 Å². The zero-order valence-corrected chi connectivity index (χ0v) is 21.5. The summed E-state index contributed by atoms with van der Waals surface area (Å²) in [4.78, 5) is 12.1. The third-order valence-corrected chi connectivity index (χ3v) is 5.82. The van der Waals surface area contributed by atoms with E-state index in [9.17, 15) is 0 Å². The molecule has 1 radical (unpaired) electrons. The van der Waals surface area contributed by atoms with E-state index < -0.39 is 0 Å². The van der Waals surface area contributed by atoms with Gasteiger partial charge in [0, 0.05) is 51.3 Å². The average Bonchev–Trinajstić information content (AvgIpc) is 3.43. The molecule has 3 aromatic carbocycles. The molecule has 0 aliphatic carbocycles. The van der Waals surface area contributed by atoms with E-state index in [1.54, 1.807) is 18.3 Å². The maximum atomic E-state index is 8.97. The average molecular weight is 642 g/mol. The molecule has 0 atom stereocenters. The van der Waals surface area contributed by atoms with Crippen molar-refractivity contribution in [3.8, 4) is 39.8 Å². The number of aromatic nitrogens is 3. The second-order valence-corrected chi connectivity index (χ2v) is 7.93. The van der Waals surface area contributed by atoms with Crippen LogP contribution in [0.2, 0.25) is 0 Å². The Morgan fingerprint density at radius 3 is 2.64 bits per heavy atom. The summed E-state index contributed by atoms with van der Waals surface area (Å²) in [5, 5.41) is 8.97. The molecule has 6 rings (SSSR count). The zero-order chi connectivity index (χ0) is 24.0. The van der Waals surface area contributed by atoms with Gasteiger partial charge in [-0.15, -0.1) is 59.2 Å². The fraction of sp³-hybridized carbons (Fsp3) is 0.0667. The van der Waals surface area contributed by atoms with Gasteiger partial charge in [0.25, 0.3) is 0 Å². The standard InChI is InChI=1S/C19H10N3.C11H9N2.Ir/c1-21-18-12-16(7-8-17(18)13-20)19-11-15(9-10-22-19)14-5-3-2-4-6-14;1-2-4-10-9(3-1)5-7-13-8-6-12-11(10)13;/h2-6,8-12H;1-3,6,8H,5,7H2;/q2*-1;. The van der Waals surface area contributed by atoms with Crippen LogP contribution in [0.4, 0.5) is 5.69 Å². The number of fused-ring (bicyclic) bond motifs is 3. The Morgan fingerprint density at radius 2 is 1.83 bits per heavy atom. The van der Waals surface area contributed by atoms with Crippen molar-refractivity contribution in [2.24, 2.45) is 0 Å². The van der Waals surface area contributed by atoms with Crippen molar-refractivity contribution in [2.75, 3.05) is 0 Å². The van der Waals surface area contributed by atoms with Gasteiger partial charge in [-0.25, -0.2) is 5.26 Å². The zero-order valence-electron chi connectivity index (χ0n) is 19.1. The van der Waals surface area contributed by atoms with Gasteiger partial charge >= 0.3 is 0 Å². The first-order chi connectivity index (χ1) is 17.3. The number of hydrogen-bond acceptors (Lipinski definition) is 3. The number of nitriles is 1. The Labute approximate surface area is 223 Å². The van der Waals surface area contributed by atoms with E-state index in [0.717, 1.165) is 35.6 Å². The van der Waals surface area contributed by atoms with E-state index in [2.05, 4.69) is 37.6 Å². The van der Waals surface area contributed by atoms with Crippen molar-refractivity contribution in [3.63, 3.8) is 0 Å². The molecule has 5 nitrogen and oxygen atoms in total. The van der Waals surface area contributed by atoms with E-state index in [4.69, 9.17) is 11.8 Å². The van der Waals surface area contributed by atoms with E-state index in [1.807, 2.05) is 73.1 Å². The minimum atomic E-state index is 0. The Bertz CT molecular complexity index is 1580. The van der Waals surface area contributed by atoms with Crippen LogP contribution in [0.1, 0.15) is 11.1 Å². The molecule has 0 fully saturated rings. The molecule has 36 heavy (non-hydrogen) atoms. The fourth-order valence-corrected chi connectivity index (χ4v) is 4.04. The second kappa shape index (κ2) is 11.4. The first-order valence-corrected chi connectivity index (χ1v) is 11.1. The van der Waals surface area contributed by atoms with Gasteiger partial charge in [-0.2, -0.15) is 0 Å². The predicted octanol–water partition coefficient (Wildman–Crippen LogP) is 6.54. The largest absolute Gasteiger partial charge is 0.371 e. The van der Waals surface area contributed by atoms with Gasteiger partial charge in [0.05, 0.1) is 12.4 Å². The topological polar surface area (TPSA) is 58.9 Å². The summed E-state index contributed by atoms with van der Waals surface area (Å²) >= 11 is 0. The quantitative estimate of drug-likeness (QED) is 0.206. The SMILES string of the molecule is [C-]#[N+]c1cc(-c2cc(-c3ccccc3)ccn2)[c-]cc1C#N.[Ir].[c-]1cccc2c1-c1nccn1CC2.